The molecule has 0 unspecified atom stereocenters. The Kier molecular flexibility index (Phi) is 5.08. The molecule has 1 heterocycles. The number of hydrogen-bond acceptors (Lipinski definition) is 6. The second-order valence-corrected chi connectivity index (χ2v) is 4.08. The SMILES string of the molecule is CCOc1ccc(OCC)c(NC(=O)Cn2cnnn2)c1. The van der Waals surface area contributed by atoms with Gasteiger partial charge < -0.3 is 14.8 Å². The number of aromatic nitrogens is 4. The van der Waals surface area contributed by atoms with E-state index in [0.717, 1.165) is 0 Å². The number of carbonyl (C=O) groups excluding carboxylic acids is 1. The van der Waals surface area contributed by atoms with Crippen LogP contribution in [0.25, 0.3) is 0 Å². The average molecular weight is 291 g/mol. The van der Waals surface area contributed by atoms with E-state index in [1.165, 1.54) is 11.0 Å². The Labute approximate surface area is 122 Å². The van der Waals surface area contributed by atoms with Crippen LogP contribution in [0.3, 0.4) is 0 Å². The highest BCUT2D eigenvalue weighted by Gasteiger charge is 2.10. The zero-order valence-corrected chi connectivity index (χ0v) is 11.9. The number of nitrogens with one attached hydrogen (secondary N) is 1. The van der Waals surface area contributed by atoms with Gasteiger partial charge in [0.1, 0.15) is 24.4 Å². The molecule has 1 amide bonds. The third-order valence-corrected chi connectivity index (χ3v) is 2.53. The van der Waals surface area contributed by atoms with Crippen molar-refractivity contribution in [2.75, 3.05) is 18.5 Å². The van der Waals surface area contributed by atoms with E-state index in [0.29, 0.717) is 30.4 Å². The molecule has 0 aliphatic carbocycles. The van der Waals surface area contributed by atoms with Gasteiger partial charge in [0.05, 0.1) is 18.9 Å². The normalized spacial score (nSPS) is 10.2. The van der Waals surface area contributed by atoms with Gasteiger partial charge in [-0.05, 0) is 36.4 Å². The minimum absolute atomic E-state index is 0.0252. The van der Waals surface area contributed by atoms with Crippen molar-refractivity contribution in [3.63, 3.8) is 0 Å². The third-order valence-electron chi connectivity index (χ3n) is 2.53. The lowest BCUT2D eigenvalue weighted by Gasteiger charge is -2.13. The van der Waals surface area contributed by atoms with Crippen molar-refractivity contribution in [1.29, 1.82) is 0 Å². The number of anilines is 1. The van der Waals surface area contributed by atoms with E-state index in [1.807, 2.05) is 13.8 Å². The van der Waals surface area contributed by atoms with Crippen molar-refractivity contribution in [3.8, 4) is 11.5 Å². The number of benzene rings is 1. The summed E-state index contributed by atoms with van der Waals surface area (Å²) in [5.41, 5.74) is 0.556. The van der Waals surface area contributed by atoms with Crippen molar-refractivity contribution in [2.24, 2.45) is 0 Å². The topological polar surface area (TPSA) is 91.2 Å². The molecule has 0 spiro atoms. The molecule has 2 rings (SSSR count). The van der Waals surface area contributed by atoms with Crippen molar-refractivity contribution >= 4 is 11.6 Å². The standard InChI is InChI=1S/C13H17N5O3/c1-3-20-10-5-6-12(21-4-2)11(7-10)15-13(19)8-18-9-14-16-17-18/h5-7,9H,3-4,8H2,1-2H3,(H,15,19). The monoisotopic (exact) mass is 291 g/mol. The lowest BCUT2D eigenvalue weighted by molar-refractivity contribution is -0.116. The summed E-state index contributed by atoms with van der Waals surface area (Å²) in [5.74, 6) is 1.00. The minimum atomic E-state index is -0.253. The number of hydrogen-bond donors (Lipinski definition) is 1. The van der Waals surface area contributed by atoms with E-state index in [1.54, 1.807) is 18.2 Å². The summed E-state index contributed by atoms with van der Waals surface area (Å²) in [4.78, 5) is 12.0. The molecule has 0 bridgehead atoms. The average Bonchev–Trinajstić information content (AvgIpc) is 2.95. The molecule has 2 aromatic rings. The Balaban J connectivity index is 2.11. The summed E-state index contributed by atoms with van der Waals surface area (Å²) in [7, 11) is 0. The molecule has 1 aromatic carbocycles. The van der Waals surface area contributed by atoms with Gasteiger partial charge in [0, 0.05) is 6.07 Å². The van der Waals surface area contributed by atoms with Crippen LogP contribution in [0, 0.1) is 0 Å². The largest absolute Gasteiger partial charge is 0.494 e. The highest BCUT2D eigenvalue weighted by molar-refractivity contribution is 5.92. The molecule has 112 valence electrons. The van der Waals surface area contributed by atoms with Gasteiger partial charge in [-0.2, -0.15) is 0 Å². The Morgan fingerprint density at radius 2 is 2.10 bits per heavy atom. The maximum atomic E-state index is 12.0. The summed E-state index contributed by atoms with van der Waals surface area (Å²) < 4.78 is 12.2. The maximum Gasteiger partial charge on any atom is 0.246 e. The number of nitrogens with zero attached hydrogens (tertiary/aromatic N) is 4. The van der Waals surface area contributed by atoms with Crippen LogP contribution < -0.4 is 14.8 Å². The van der Waals surface area contributed by atoms with Gasteiger partial charge in [-0.15, -0.1) is 5.10 Å². The van der Waals surface area contributed by atoms with Crippen molar-refractivity contribution in [3.05, 3.63) is 24.5 Å². The molecule has 0 saturated heterocycles. The predicted octanol–water partition coefficient (Wildman–Crippen LogP) is 1.11. The Hall–Kier alpha value is -2.64. The molecule has 0 aliphatic heterocycles. The molecule has 1 aromatic heterocycles. The van der Waals surface area contributed by atoms with Crippen LogP contribution in [0.15, 0.2) is 24.5 Å². The minimum Gasteiger partial charge on any atom is -0.494 e. The van der Waals surface area contributed by atoms with Gasteiger partial charge in [0.15, 0.2) is 0 Å². The predicted molar refractivity (Wildman–Crippen MR) is 75.2 cm³/mol. The molecule has 0 atom stereocenters. The zero-order valence-electron chi connectivity index (χ0n) is 11.9. The lowest BCUT2D eigenvalue weighted by atomic mass is 10.2. The first kappa shape index (κ1) is 14.8. The first-order valence-electron chi connectivity index (χ1n) is 6.63. The molecule has 1 N–H and O–H groups in total. The summed E-state index contributed by atoms with van der Waals surface area (Å²) >= 11 is 0. The summed E-state index contributed by atoms with van der Waals surface area (Å²) in [5, 5.41) is 13.4. The number of amides is 1. The van der Waals surface area contributed by atoms with Crippen molar-refractivity contribution in [2.45, 2.75) is 20.4 Å². The number of ether oxygens (including phenoxy) is 2. The molecule has 0 fully saturated rings. The molecular formula is C13H17N5O3. The van der Waals surface area contributed by atoms with Gasteiger partial charge in [-0.3, -0.25) is 4.79 Å². The summed E-state index contributed by atoms with van der Waals surface area (Å²) in [6, 6.07) is 5.29. The van der Waals surface area contributed by atoms with E-state index in [2.05, 4.69) is 20.8 Å². The Bertz CT molecular complexity index is 585. The fourth-order valence-corrected chi connectivity index (χ4v) is 1.73. The molecule has 0 saturated carbocycles. The van der Waals surface area contributed by atoms with Gasteiger partial charge in [-0.1, -0.05) is 0 Å². The number of carbonyl (C=O) groups is 1. The smallest absolute Gasteiger partial charge is 0.246 e. The molecule has 21 heavy (non-hydrogen) atoms. The van der Waals surface area contributed by atoms with E-state index < -0.39 is 0 Å². The first-order chi connectivity index (χ1) is 10.2. The fourth-order valence-electron chi connectivity index (χ4n) is 1.73. The van der Waals surface area contributed by atoms with E-state index in [4.69, 9.17) is 9.47 Å². The van der Waals surface area contributed by atoms with E-state index in [-0.39, 0.29) is 12.5 Å². The van der Waals surface area contributed by atoms with Crippen LogP contribution >= 0.6 is 0 Å². The van der Waals surface area contributed by atoms with Crippen LogP contribution in [0.2, 0.25) is 0 Å². The lowest BCUT2D eigenvalue weighted by Crippen LogP contribution is -2.19. The van der Waals surface area contributed by atoms with Crippen LogP contribution in [0.1, 0.15) is 13.8 Å². The van der Waals surface area contributed by atoms with Crippen LogP contribution in [0.4, 0.5) is 5.69 Å². The molecule has 0 aliphatic rings. The quantitative estimate of drug-likeness (QED) is 0.821. The molecule has 8 nitrogen and oxygen atoms in total. The fraction of sp³-hybridized carbons (Fsp3) is 0.385. The second-order valence-electron chi connectivity index (χ2n) is 4.08. The summed E-state index contributed by atoms with van der Waals surface area (Å²) in [6.45, 7) is 4.85. The highest BCUT2D eigenvalue weighted by atomic mass is 16.5. The van der Waals surface area contributed by atoms with Crippen LogP contribution in [0.5, 0.6) is 11.5 Å². The molecular weight excluding hydrogens is 274 g/mol. The molecule has 8 heteroatoms. The van der Waals surface area contributed by atoms with Gasteiger partial charge in [0.25, 0.3) is 0 Å². The summed E-state index contributed by atoms with van der Waals surface area (Å²) in [6.07, 6.45) is 1.37. The molecule has 0 radical (unpaired) electrons. The van der Waals surface area contributed by atoms with Crippen LogP contribution in [-0.4, -0.2) is 39.3 Å². The zero-order chi connectivity index (χ0) is 15.1. The highest BCUT2D eigenvalue weighted by Crippen LogP contribution is 2.29. The van der Waals surface area contributed by atoms with Gasteiger partial charge in [-0.25, -0.2) is 4.68 Å². The van der Waals surface area contributed by atoms with Gasteiger partial charge in [0.2, 0.25) is 5.91 Å². The third kappa shape index (κ3) is 4.16. The Morgan fingerprint density at radius 3 is 2.76 bits per heavy atom. The maximum absolute atomic E-state index is 12.0. The van der Waals surface area contributed by atoms with E-state index in [9.17, 15) is 4.79 Å². The first-order valence-corrected chi connectivity index (χ1v) is 6.63. The van der Waals surface area contributed by atoms with Crippen molar-refractivity contribution in [1.82, 2.24) is 20.2 Å². The van der Waals surface area contributed by atoms with Gasteiger partial charge >= 0.3 is 0 Å². The van der Waals surface area contributed by atoms with Crippen LogP contribution in [-0.2, 0) is 11.3 Å². The van der Waals surface area contributed by atoms with E-state index >= 15 is 0 Å². The van der Waals surface area contributed by atoms with Crippen molar-refractivity contribution < 1.29 is 14.3 Å². The second kappa shape index (κ2) is 7.22. The number of rotatable bonds is 7. The number of tetrazole rings is 1. The Morgan fingerprint density at radius 1 is 1.29 bits per heavy atom.